The SMILES string of the molecule is C/C=C(/c1ccc2ccc(-c3ccccc3)nc2c1)c1c(C)ncnc1N. The van der Waals surface area contributed by atoms with Crippen molar-refractivity contribution in [1.29, 1.82) is 0 Å². The van der Waals surface area contributed by atoms with Crippen LogP contribution >= 0.6 is 0 Å². The Bertz CT molecular complexity index is 1130. The van der Waals surface area contributed by atoms with Crippen LogP contribution in [0.5, 0.6) is 0 Å². The third kappa shape index (κ3) is 3.17. The Morgan fingerprint density at radius 1 is 0.963 bits per heavy atom. The minimum absolute atomic E-state index is 0.488. The molecule has 0 saturated carbocycles. The van der Waals surface area contributed by atoms with Gasteiger partial charge in [0.05, 0.1) is 16.9 Å². The minimum Gasteiger partial charge on any atom is -0.383 e. The van der Waals surface area contributed by atoms with Crippen LogP contribution in [-0.4, -0.2) is 15.0 Å². The molecule has 0 fully saturated rings. The summed E-state index contributed by atoms with van der Waals surface area (Å²) in [5.74, 6) is 0.488. The van der Waals surface area contributed by atoms with E-state index in [0.717, 1.165) is 44.6 Å². The molecule has 132 valence electrons. The summed E-state index contributed by atoms with van der Waals surface area (Å²) >= 11 is 0. The number of anilines is 1. The number of nitrogen functional groups attached to an aromatic ring is 1. The van der Waals surface area contributed by atoms with Crippen LogP contribution in [0.2, 0.25) is 0 Å². The van der Waals surface area contributed by atoms with Gasteiger partial charge in [-0.15, -0.1) is 0 Å². The molecule has 0 aliphatic rings. The lowest BCUT2D eigenvalue weighted by atomic mass is 9.95. The smallest absolute Gasteiger partial charge is 0.134 e. The molecule has 2 aromatic carbocycles. The zero-order chi connectivity index (χ0) is 18.8. The molecule has 0 aliphatic carbocycles. The maximum absolute atomic E-state index is 6.14. The van der Waals surface area contributed by atoms with Gasteiger partial charge in [-0.1, -0.05) is 54.6 Å². The quantitative estimate of drug-likeness (QED) is 0.561. The van der Waals surface area contributed by atoms with Crippen LogP contribution < -0.4 is 5.73 Å². The Labute approximate surface area is 158 Å². The van der Waals surface area contributed by atoms with Crippen LogP contribution in [0.15, 0.2) is 73.1 Å². The lowest BCUT2D eigenvalue weighted by molar-refractivity contribution is 1.09. The van der Waals surface area contributed by atoms with Gasteiger partial charge < -0.3 is 5.73 Å². The van der Waals surface area contributed by atoms with E-state index in [2.05, 4.69) is 52.4 Å². The number of rotatable bonds is 3. The number of hydrogen-bond acceptors (Lipinski definition) is 4. The summed E-state index contributed by atoms with van der Waals surface area (Å²) in [5.41, 5.74) is 12.9. The van der Waals surface area contributed by atoms with Gasteiger partial charge in [-0.05, 0) is 37.1 Å². The van der Waals surface area contributed by atoms with Crippen molar-refractivity contribution in [2.75, 3.05) is 5.73 Å². The molecule has 0 unspecified atom stereocenters. The summed E-state index contributed by atoms with van der Waals surface area (Å²) < 4.78 is 0. The highest BCUT2D eigenvalue weighted by atomic mass is 14.9. The fourth-order valence-corrected chi connectivity index (χ4v) is 3.33. The Hall–Kier alpha value is -3.53. The van der Waals surface area contributed by atoms with E-state index < -0.39 is 0 Å². The monoisotopic (exact) mass is 352 g/mol. The van der Waals surface area contributed by atoms with Crippen LogP contribution in [0, 0.1) is 6.92 Å². The summed E-state index contributed by atoms with van der Waals surface area (Å²) in [6, 6.07) is 20.6. The zero-order valence-corrected chi connectivity index (χ0v) is 15.3. The Morgan fingerprint density at radius 2 is 1.74 bits per heavy atom. The normalized spacial score (nSPS) is 11.7. The summed E-state index contributed by atoms with van der Waals surface area (Å²) in [5, 5.41) is 1.10. The van der Waals surface area contributed by atoms with Crippen LogP contribution in [-0.2, 0) is 0 Å². The summed E-state index contributed by atoms with van der Waals surface area (Å²) in [7, 11) is 0. The third-order valence-electron chi connectivity index (χ3n) is 4.70. The predicted molar refractivity (Wildman–Crippen MR) is 111 cm³/mol. The van der Waals surface area contributed by atoms with Crippen LogP contribution in [0.1, 0.15) is 23.7 Å². The topological polar surface area (TPSA) is 64.7 Å². The van der Waals surface area contributed by atoms with Gasteiger partial charge in [0, 0.05) is 16.5 Å². The average molecular weight is 352 g/mol. The van der Waals surface area contributed by atoms with E-state index in [-0.39, 0.29) is 0 Å². The minimum atomic E-state index is 0.488. The van der Waals surface area contributed by atoms with Gasteiger partial charge in [-0.2, -0.15) is 0 Å². The van der Waals surface area contributed by atoms with Crippen molar-refractivity contribution < 1.29 is 0 Å². The van der Waals surface area contributed by atoms with Gasteiger partial charge in [0.1, 0.15) is 12.1 Å². The van der Waals surface area contributed by atoms with Crippen LogP contribution in [0.3, 0.4) is 0 Å². The molecule has 2 heterocycles. The predicted octanol–water partition coefficient (Wildman–Crippen LogP) is 5.03. The van der Waals surface area contributed by atoms with E-state index in [9.17, 15) is 0 Å². The number of aryl methyl sites for hydroxylation is 1. The summed E-state index contributed by atoms with van der Waals surface area (Å²) in [4.78, 5) is 13.3. The lowest BCUT2D eigenvalue weighted by Crippen LogP contribution is -2.03. The maximum atomic E-state index is 6.14. The van der Waals surface area contributed by atoms with E-state index in [1.807, 2.05) is 38.1 Å². The Balaban J connectivity index is 1.85. The first-order chi connectivity index (χ1) is 13.2. The number of nitrogens with zero attached hydrogens (tertiary/aromatic N) is 3. The van der Waals surface area contributed by atoms with Crippen molar-refractivity contribution in [3.8, 4) is 11.3 Å². The molecule has 2 aromatic heterocycles. The standard InChI is InChI=1S/C23H20N4/c1-3-19(22-15(2)25-14-26-23(22)24)18-10-9-17-11-12-20(27-21(17)13-18)16-7-5-4-6-8-16/h3-14H,1-2H3,(H2,24,25,26)/b19-3-. The number of pyridine rings is 1. The van der Waals surface area contributed by atoms with Crippen molar-refractivity contribution in [1.82, 2.24) is 15.0 Å². The molecule has 0 amide bonds. The highest BCUT2D eigenvalue weighted by molar-refractivity contribution is 5.90. The number of allylic oxidation sites excluding steroid dienone is 1. The molecule has 4 rings (SSSR count). The molecule has 2 N–H and O–H groups in total. The first-order valence-corrected chi connectivity index (χ1v) is 8.87. The number of aromatic nitrogens is 3. The van der Waals surface area contributed by atoms with Crippen molar-refractivity contribution in [2.24, 2.45) is 0 Å². The first kappa shape index (κ1) is 16.9. The Morgan fingerprint density at radius 3 is 2.48 bits per heavy atom. The van der Waals surface area contributed by atoms with Crippen LogP contribution in [0.4, 0.5) is 5.82 Å². The van der Waals surface area contributed by atoms with E-state index in [0.29, 0.717) is 5.82 Å². The number of nitrogens with two attached hydrogens (primary N) is 1. The molecule has 0 spiro atoms. The Kier molecular flexibility index (Phi) is 4.38. The molecule has 4 aromatic rings. The van der Waals surface area contributed by atoms with Gasteiger partial charge in [0.15, 0.2) is 0 Å². The van der Waals surface area contributed by atoms with Crippen molar-refractivity contribution in [2.45, 2.75) is 13.8 Å². The van der Waals surface area contributed by atoms with Crippen molar-refractivity contribution >= 4 is 22.3 Å². The van der Waals surface area contributed by atoms with E-state index in [4.69, 9.17) is 10.7 Å². The molecule has 4 heteroatoms. The van der Waals surface area contributed by atoms with Crippen molar-refractivity contribution in [3.63, 3.8) is 0 Å². The first-order valence-electron chi connectivity index (χ1n) is 8.87. The molecule has 4 nitrogen and oxygen atoms in total. The second-order valence-electron chi connectivity index (χ2n) is 6.39. The number of hydrogen-bond donors (Lipinski definition) is 1. The number of fused-ring (bicyclic) bond motifs is 1. The molecule has 0 aliphatic heterocycles. The van der Waals surface area contributed by atoms with Gasteiger partial charge in [0.2, 0.25) is 0 Å². The van der Waals surface area contributed by atoms with E-state index in [1.165, 1.54) is 6.33 Å². The van der Waals surface area contributed by atoms with E-state index >= 15 is 0 Å². The summed E-state index contributed by atoms with van der Waals surface area (Å²) in [6.07, 6.45) is 3.54. The van der Waals surface area contributed by atoms with Crippen molar-refractivity contribution in [3.05, 3.63) is 89.9 Å². The lowest BCUT2D eigenvalue weighted by Gasteiger charge is -2.13. The van der Waals surface area contributed by atoms with Gasteiger partial charge in [-0.25, -0.2) is 15.0 Å². The average Bonchev–Trinajstić information content (AvgIpc) is 2.71. The molecule has 27 heavy (non-hydrogen) atoms. The highest BCUT2D eigenvalue weighted by Crippen LogP contribution is 2.31. The number of benzene rings is 2. The largest absolute Gasteiger partial charge is 0.383 e. The molecule has 0 saturated heterocycles. The van der Waals surface area contributed by atoms with Gasteiger partial charge >= 0.3 is 0 Å². The second kappa shape index (κ2) is 7.00. The second-order valence-corrected chi connectivity index (χ2v) is 6.39. The fraction of sp³-hybridized carbons (Fsp3) is 0.0870. The molecule has 0 bridgehead atoms. The molecular formula is C23H20N4. The molecular weight excluding hydrogens is 332 g/mol. The van der Waals surface area contributed by atoms with E-state index in [1.54, 1.807) is 0 Å². The molecule has 0 atom stereocenters. The highest BCUT2D eigenvalue weighted by Gasteiger charge is 2.13. The molecule has 0 radical (unpaired) electrons. The maximum Gasteiger partial charge on any atom is 0.134 e. The summed E-state index contributed by atoms with van der Waals surface area (Å²) in [6.45, 7) is 3.95. The van der Waals surface area contributed by atoms with Crippen LogP contribution in [0.25, 0.3) is 27.7 Å². The van der Waals surface area contributed by atoms with Gasteiger partial charge in [-0.3, -0.25) is 0 Å². The zero-order valence-electron chi connectivity index (χ0n) is 15.3. The fourth-order valence-electron chi connectivity index (χ4n) is 3.33. The van der Waals surface area contributed by atoms with Gasteiger partial charge in [0.25, 0.3) is 0 Å². The third-order valence-corrected chi connectivity index (χ3v) is 4.70.